The maximum Gasteiger partial charge on any atom is 0.243 e. The van der Waals surface area contributed by atoms with Crippen LogP contribution in [0.25, 0.3) is 0 Å². The largest absolute Gasteiger partial charge is 0.497 e. The molecule has 1 heterocycles. The lowest BCUT2D eigenvalue weighted by Crippen LogP contribution is -2.41. The molecule has 0 saturated carbocycles. The summed E-state index contributed by atoms with van der Waals surface area (Å²) in [7, 11) is -0.271. The van der Waals surface area contributed by atoms with Crippen LogP contribution >= 0.6 is 0 Å². The molecule has 5 nitrogen and oxygen atoms in total. The Hall–Kier alpha value is -1.11. The van der Waals surface area contributed by atoms with Gasteiger partial charge in [-0.15, -0.1) is 0 Å². The topological polar surface area (TPSA) is 55.8 Å². The van der Waals surface area contributed by atoms with E-state index in [-0.39, 0.29) is 10.8 Å². The lowest BCUT2D eigenvalue weighted by molar-refractivity contribution is 0.118. The zero-order valence-corrected chi connectivity index (χ0v) is 12.7. The van der Waals surface area contributed by atoms with Crippen LogP contribution in [0.5, 0.6) is 5.75 Å². The number of piperidine rings is 1. The number of methoxy groups -OCH3 is 2. The molecular formula is C14H21NO4S. The molecule has 1 unspecified atom stereocenters. The van der Waals surface area contributed by atoms with Gasteiger partial charge in [0.15, 0.2) is 0 Å². The van der Waals surface area contributed by atoms with Crippen molar-refractivity contribution in [2.24, 2.45) is 5.92 Å². The van der Waals surface area contributed by atoms with Gasteiger partial charge in [0.2, 0.25) is 10.0 Å². The molecule has 1 saturated heterocycles. The number of sulfonamides is 1. The van der Waals surface area contributed by atoms with Crippen molar-refractivity contribution in [1.82, 2.24) is 4.31 Å². The third kappa shape index (κ3) is 3.31. The fourth-order valence-electron chi connectivity index (χ4n) is 2.53. The Kier molecular flexibility index (Phi) is 5.01. The van der Waals surface area contributed by atoms with Gasteiger partial charge in [-0.05, 0) is 30.9 Å². The van der Waals surface area contributed by atoms with Gasteiger partial charge in [0.25, 0.3) is 0 Å². The molecule has 0 aliphatic carbocycles. The van der Waals surface area contributed by atoms with Crippen molar-refractivity contribution in [1.29, 1.82) is 0 Å². The standard InChI is InChI=1S/C14H21NO4S/c1-18-11-12-5-4-8-15(10-12)20(16,17)14-7-3-6-13(9-14)19-2/h3,6-7,9,12H,4-5,8,10-11H2,1-2H3. The van der Waals surface area contributed by atoms with Gasteiger partial charge in [-0.1, -0.05) is 6.07 Å². The summed E-state index contributed by atoms with van der Waals surface area (Å²) >= 11 is 0. The van der Waals surface area contributed by atoms with Crippen molar-refractivity contribution in [2.45, 2.75) is 17.7 Å². The van der Waals surface area contributed by atoms with Crippen molar-refractivity contribution in [3.8, 4) is 5.75 Å². The van der Waals surface area contributed by atoms with Crippen molar-refractivity contribution in [3.05, 3.63) is 24.3 Å². The molecule has 1 aliphatic rings. The zero-order valence-electron chi connectivity index (χ0n) is 11.9. The van der Waals surface area contributed by atoms with Crippen LogP contribution in [-0.4, -0.2) is 46.6 Å². The third-order valence-electron chi connectivity index (χ3n) is 3.56. The fraction of sp³-hybridized carbons (Fsp3) is 0.571. The Morgan fingerprint density at radius 3 is 2.85 bits per heavy atom. The lowest BCUT2D eigenvalue weighted by Gasteiger charge is -2.31. The van der Waals surface area contributed by atoms with E-state index < -0.39 is 10.0 Å². The second-order valence-electron chi connectivity index (χ2n) is 5.01. The molecule has 1 atom stereocenters. The number of hydrogen-bond donors (Lipinski definition) is 0. The van der Waals surface area contributed by atoms with Crippen LogP contribution < -0.4 is 4.74 Å². The zero-order chi connectivity index (χ0) is 14.6. The predicted octanol–water partition coefficient (Wildman–Crippen LogP) is 1.74. The van der Waals surface area contributed by atoms with Crippen molar-refractivity contribution in [2.75, 3.05) is 33.9 Å². The highest BCUT2D eigenvalue weighted by molar-refractivity contribution is 7.89. The number of hydrogen-bond acceptors (Lipinski definition) is 4. The van der Waals surface area contributed by atoms with Crippen LogP contribution in [0.1, 0.15) is 12.8 Å². The van der Waals surface area contributed by atoms with Crippen LogP contribution in [-0.2, 0) is 14.8 Å². The molecule has 20 heavy (non-hydrogen) atoms. The van der Waals surface area contributed by atoms with Gasteiger partial charge in [-0.3, -0.25) is 0 Å². The molecule has 0 amide bonds. The summed E-state index contributed by atoms with van der Waals surface area (Å²) < 4.78 is 37.1. The van der Waals surface area contributed by atoms with Gasteiger partial charge >= 0.3 is 0 Å². The molecule has 112 valence electrons. The summed E-state index contributed by atoms with van der Waals surface area (Å²) in [6.07, 6.45) is 1.88. The Morgan fingerprint density at radius 2 is 2.15 bits per heavy atom. The van der Waals surface area contributed by atoms with E-state index in [0.717, 1.165) is 12.8 Å². The Morgan fingerprint density at radius 1 is 1.35 bits per heavy atom. The van der Waals surface area contributed by atoms with Gasteiger partial charge in [0.05, 0.1) is 18.6 Å². The highest BCUT2D eigenvalue weighted by Gasteiger charge is 2.30. The first-order valence-electron chi connectivity index (χ1n) is 6.71. The van der Waals surface area contributed by atoms with Gasteiger partial charge in [0.1, 0.15) is 5.75 Å². The number of nitrogens with zero attached hydrogens (tertiary/aromatic N) is 1. The molecule has 1 aliphatic heterocycles. The average Bonchev–Trinajstić information content (AvgIpc) is 2.48. The van der Waals surface area contributed by atoms with E-state index in [1.807, 2.05) is 0 Å². The summed E-state index contributed by atoms with van der Waals surface area (Å²) in [5.41, 5.74) is 0. The molecule has 0 N–H and O–H groups in total. The SMILES string of the molecule is COCC1CCCN(S(=O)(=O)c2cccc(OC)c2)C1. The number of rotatable bonds is 5. The summed E-state index contributed by atoms with van der Waals surface area (Å²) in [5, 5.41) is 0. The first-order valence-corrected chi connectivity index (χ1v) is 8.15. The molecule has 0 aromatic heterocycles. The van der Waals surface area contributed by atoms with E-state index in [0.29, 0.717) is 25.4 Å². The summed E-state index contributed by atoms with van der Waals surface area (Å²) in [6.45, 7) is 1.69. The summed E-state index contributed by atoms with van der Waals surface area (Å²) in [6, 6.07) is 6.61. The highest BCUT2D eigenvalue weighted by Crippen LogP contribution is 2.25. The molecule has 6 heteroatoms. The van der Waals surface area contributed by atoms with Crippen molar-refractivity contribution in [3.63, 3.8) is 0 Å². The number of benzene rings is 1. The van der Waals surface area contributed by atoms with E-state index in [1.54, 1.807) is 35.7 Å². The second-order valence-corrected chi connectivity index (χ2v) is 6.94. The van der Waals surface area contributed by atoms with Gasteiger partial charge in [-0.2, -0.15) is 4.31 Å². The highest BCUT2D eigenvalue weighted by atomic mass is 32.2. The minimum Gasteiger partial charge on any atom is -0.497 e. The van der Waals surface area contributed by atoms with E-state index in [4.69, 9.17) is 9.47 Å². The number of ether oxygens (including phenoxy) is 2. The maximum atomic E-state index is 12.6. The van der Waals surface area contributed by atoms with Crippen LogP contribution in [0.2, 0.25) is 0 Å². The Balaban J connectivity index is 2.20. The maximum absolute atomic E-state index is 12.6. The fourth-order valence-corrected chi connectivity index (χ4v) is 4.12. The predicted molar refractivity (Wildman–Crippen MR) is 76.4 cm³/mol. The minimum absolute atomic E-state index is 0.272. The van der Waals surface area contributed by atoms with E-state index >= 15 is 0 Å². The van der Waals surface area contributed by atoms with E-state index in [9.17, 15) is 8.42 Å². The summed E-state index contributed by atoms with van der Waals surface area (Å²) in [4.78, 5) is 0.287. The van der Waals surface area contributed by atoms with E-state index in [1.165, 1.54) is 7.11 Å². The van der Waals surface area contributed by atoms with E-state index in [2.05, 4.69) is 0 Å². The van der Waals surface area contributed by atoms with Crippen LogP contribution in [0.4, 0.5) is 0 Å². The molecule has 0 spiro atoms. The van der Waals surface area contributed by atoms with Crippen molar-refractivity contribution < 1.29 is 17.9 Å². The average molecular weight is 299 g/mol. The van der Waals surface area contributed by atoms with Crippen LogP contribution in [0, 0.1) is 5.92 Å². The second kappa shape index (κ2) is 6.56. The smallest absolute Gasteiger partial charge is 0.243 e. The summed E-state index contributed by atoms with van der Waals surface area (Å²) in [5.74, 6) is 0.825. The molecule has 1 fully saturated rings. The molecule has 1 aromatic carbocycles. The lowest BCUT2D eigenvalue weighted by atomic mass is 10.0. The van der Waals surface area contributed by atoms with Gasteiger partial charge in [-0.25, -0.2) is 8.42 Å². The monoisotopic (exact) mass is 299 g/mol. The third-order valence-corrected chi connectivity index (χ3v) is 5.42. The van der Waals surface area contributed by atoms with Crippen molar-refractivity contribution >= 4 is 10.0 Å². The van der Waals surface area contributed by atoms with Crippen LogP contribution in [0.15, 0.2) is 29.2 Å². The van der Waals surface area contributed by atoms with Crippen LogP contribution in [0.3, 0.4) is 0 Å². The molecule has 0 radical (unpaired) electrons. The molecule has 0 bridgehead atoms. The van der Waals surface area contributed by atoms with Gasteiger partial charge in [0, 0.05) is 26.3 Å². The first kappa shape index (κ1) is 15.3. The Bertz CT molecular complexity index is 542. The minimum atomic E-state index is -3.45. The molecule has 2 rings (SSSR count). The normalized spacial score (nSPS) is 20.8. The molecule has 1 aromatic rings. The first-order chi connectivity index (χ1) is 9.57. The van der Waals surface area contributed by atoms with Gasteiger partial charge < -0.3 is 9.47 Å². The Labute approximate surface area is 120 Å². The molecular weight excluding hydrogens is 278 g/mol. The quantitative estimate of drug-likeness (QED) is 0.831.